The van der Waals surface area contributed by atoms with E-state index in [1.165, 1.54) is 12.3 Å². The number of nitrogens with zero attached hydrogens (tertiary/aromatic N) is 2. The normalized spacial score (nSPS) is 14.6. The number of hydrogen-bond acceptors (Lipinski definition) is 3. The van der Waals surface area contributed by atoms with Crippen molar-refractivity contribution in [2.24, 2.45) is 0 Å². The number of aryl methyl sites for hydroxylation is 1. The first-order valence-electron chi connectivity index (χ1n) is 7.92. The Morgan fingerprint density at radius 2 is 1.96 bits per heavy atom. The highest BCUT2D eigenvalue weighted by Gasteiger charge is 2.27. The molecule has 1 amide bonds. The minimum atomic E-state index is -3.74. The van der Waals surface area contributed by atoms with E-state index in [1.54, 1.807) is 15.5 Å². The highest BCUT2D eigenvalue weighted by molar-refractivity contribution is 7.92. The molecule has 128 valence electrons. The number of carbonyl (C=O) groups excluding carboxylic acids is 1. The van der Waals surface area contributed by atoms with E-state index in [0.717, 1.165) is 11.1 Å². The lowest BCUT2D eigenvalue weighted by Gasteiger charge is -2.26. The molecule has 0 saturated heterocycles. The molecule has 0 unspecified atom stereocenters. The summed E-state index contributed by atoms with van der Waals surface area (Å²) >= 11 is 0. The molecule has 1 aromatic heterocycles. The van der Waals surface area contributed by atoms with Crippen molar-refractivity contribution >= 4 is 21.6 Å². The fourth-order valence-corrected chi connectivity index (χ4v) is 4.01. The van der Waals surface area contributed by atoms with Crippen LogP contribution in [0.2, 0.25) is 0 Å². The van der Waals surface area contributed by atoms with Gasteiger partial charge in [-0.2, -0.15) is 0 Å². The number of carbonyl (C=O) groups is 1. The highest BCUT2D eigenvalue weighted by Crippen LogP contribution is 2.24. The maximum Gasteiger partial charge on any atom is 0.270 e. The lowest BCUT2D eigenvalue weighted by Crippen LogP contribution is -2.39. The molecule has 0 bridgehead atoms. The summed E-state index contributed by atoms with van der Waals surface area (Å²) in [6, 6.07) is 6.94. The molecule has 0 saturated carbocycles. The largest absolute Gasteiger partial charge is 0.340 e. The van der Waals surface area contributed by atoms with Gasteiger partial charge >= 0.3 is 0 Å². The van der Waals surface area contributed by atoms with Gasteiger partial charge in [0.1, 0.15) is 10.6 Å². The van der Waals surface area contributed by atoms with Crippen LogP contribution in [0.1, 0.15) is 28.5 Å². The third-order valence-corrected chi connectivity index (χ3v) is 5.86. The topological polar surface area (TPSA) is 71.4 Å². The molecule has 1 aliphatic rings. The number of aromatic nitrogens is 1. The van der Waals surface area contributed by atoms with Gasteiger partial charge < -0.3 is 9.47 Å². The third-order valence-electron chi connectivity index (χ3n) is 4.53. The van der Waals surface area contributed by atoms with Gasteiger partial charge in [-0.15, -0.1) is 0 Å². The van der Waals surface area contributed by atoms with E-state index in [9.17, 15) is 13.2 Å². The van der Waals surface area contributed by atoms with Crippen LogP contribution in [0.15, 0.2) is 35.4 Å². The van der Waals surface area contributed by atoms with Crippen LogP contribution in [0.4, 0.5) is 5.69 Å². The van der Waals surface area contributed by atoms with Crippen molar-refractivity contribution in [1.29, 1.82) is 0 Å². The molecule has 1 aromatic carbocycles. The van der Waals surface area contributed by atoms with Crippen LogP contribution < -0.4 is 4.72 Å². The predicted octanol–water partition coefficient (Wildman–Crippen LogP) is 2.38. The maximum absolute atomic E-state index is 12.7. The maximum atomic E-state index is 12.7. The molecule has 1 N–H and O–H groups in total. The first kappa shape index (κ1) is 16.6. The minimum Gasteiger partial charge on any atom is -0.340 e. The van der Waals surface area contributed by atoms with E-state index < -0.39 is 10.0 Å². The zero-order valence-electron chi connectivity index (χ0n) is 14.0. The van der Waals surface area contributed by atoms with Crippen molar-refractivity contribution in [2.45, 2.75) is 32.2 Å². The van der Waals surface area contributed by atoms with Crippen molar-refractivity contribution in [1.82, 2.24) is 9.47 Å². The van der Waals surface area contributed by atoms with Gasteiger partial charge in [-0.05, 0) is 44.0 Å². The first-order valence-corrected chi connectivity index (χ1v) is 9.40. The average molecular weight is 347 g/mol. The van der Waals surface area contributed by atoms with Crippen LogP contribution in [0.5, 0.6) is 0 Å². The number of amides is 1. The summed E-state index contributed by atoms with van der Waals surface area (Å²) in [4.78, 5) is 14.2. The van der Waals surface area contributed by atoms with Gasteiger partial charge in [0.05, 0.1) is 5.69 Å². The van der Waals surface area contributed by atoms with Crippen molar-refractivity contribution in [3.63, 3.8) is 0 Å². The Morgan fingerprint density at radius 1 is 1.21 bits per heavy atom. The molecule has 2 aromatic rings. The quantitative estimate of drug-likeness (QED) is 0.923. The Kier molecular flexibility index (Phi) is 4.13. The highest BCUT2D eigenvalue weighted by atomic mass is 32.2. The summed E-state index contributed by atoms with van der Waals surface area (Å²) in [6.07, 6.45) is 1.54. The zero-order chi connectivity index (χ0) is 17.5. The molecule has 2 heterocycles. The Labute approximate surface area is 142 Å². The lowest BCUT2D eigenvalue weighted by molar-refractivity contribution is 0.0715. The Hall–Kier alpha value is -2.28. The van der Waals surface area contributed by atoms with E-state index in [2.05, 4.69) is 4.72 Å². The molecular weight excluding hydrogens is 326 g/mol. The van der Waals surface area contributed by atoms with Gasteiger partial charge in [0.2, 0.25) is 0 Å². The van der Waals surface area contributed by atoms with Crippen molar-refractivity contribution < 1.29 is 13.2 Å². The number of nitrogens with one attached hydrogen (secondary N) is 1. The Bertz CT molecular complexity index is 900. The van der Waals surface area contributed by atoms with Crippen LogP contribution >= 0.6 is 0 Å². The lowest BCUT2D eigenvalue weighted by atomic mass is 10.1. The second kappa shape index (κ2) is 5.98. The Balaban J connectivity index is 1.94. The standard InChI is InChI=1S/C17H21N3O3S/c1-4-19-8-9-20-11-14(10-16(20)17(19)21)24(22,23)18-15-7-5-6-12(2)13(15)3/h5-7,10-11,18H,4,8-9H2,1-3H3. The molecule has 0 aliphatic carbocycles. The number of rotatable bonds is 4. The first-order chi connectivity index (χ1) is 11.3. The summed E-state index contributed by atoms with van der Waals surface area (Å²) in [7, 11) is -3.74. The number of fused-ring (bicyclic) bond motifs is 1. The second-order valence-corrected chi connectivity index (χ2v) is 7.67. The molecule has 0 fully saturated rings. The molecule has 0 atom stereocenters. The predicted molar refractivity (Wildman–Crippen MR) is 92.7 cm³/mol. The molecule has 1 aliphatic heterocycles. The van der Waals surface area contributed by atoms with E-state index in [-0.39, 0.29) is 10.8 Å². The smallest absolute Gasteiger partial charge is 0.270 e. The van der Waals surface area contributed by atoms with Crippen LogP contribution in [-0.2, 0) is 16.6 Å². The molecule has 6 nitrogen and oxygen atoms in total. The van der Waals surface area contributed by atoms with Gasteiger partial charge in [0, 0.05) is 25.8 Å². The van der Waals surface area contributed by atoms with E-state index in [4.69, 9.17) is 0 Å². The number of hydrogen-bond donors (Lipinski definition) is 1. The van der Waals surface area contributed by atoms with Crippen molar-refractivity contribution in [3.8, 4) is 0 Å². The number of benzene rings is 1. The molecule has 0 spiro atoms. The van der Waals surface area contributed by atoms with Crippen LogP contribution in [0.25, 0.3) is 0 Å². The van der Waals surface area contributed by atoms with Crippen LogP contribution in [-0.4, -0.2) is 36.9 Å². The molecule has 24 heavy (non-hydrogen) atoms. The molecular formula is C17H21N3O3S. The van der Waals surface area contributed by atoms with Crippen LogP contribution in [0.3, 0.4) is 0 Å². The summed E-state index contributed by atoms with van der Waals surface area (Å²) in [6.45, 7) is 7.54. The number of likely N-dealkylation sites (N-methyl/N-ethyl adjacent to an activating group) is 1. The monoisotopic (exact) mass is 347 g/mol. The fourth-order valence-electron chi connectivity index (χ4n) is 2.85. The third kappa shape index (κ3) is 2.80. The molecule has 0 radical (unpaired) electrons. The van der Waals surface area contributed by atoms with E-state index >= 15 is 0 Å². The average Bonchev–Trinajstić information content (AvgIpc) is 2.98. The number of anilines is 1. The van der Waals surface area contributed by atoms with E-state index in [0.29, 0.717) is 31.0 Å². The van der Waals surface area contributed by atoms with Crippen molar-refractivity contribution in [2.75, 3.05) is 17.8 Å². The van der Waals surface area contributed by atoms with Gasteiger partial charge in [0.25, 0.3) is 15.9 Å². The SMILES string of the molecule is CCN1CCn2cc(S(=O)(=O)Nc3cccc(C)c3C)cc2C1=O. The second-order valence-electron chi connectivity index (χ2n) is 5.99. The summed E-state index contributed by atoms with van der Waals surface area (Å²) in [5, 5.41) is 0. The summed E-state index contributed by atoms with van der Waals surface area (Å²) in [5.74, 6) is -0.128. The van der Waals surface area contributed by atoms with Gasteiger partial charge in [-0.3, -0.25) is 9.52 Å². The summed E-state index contributed by atoms with van der Waals surface area (Å²) in [5.41, 5.74) is 2.88. The zero-order valence-corrected chi connectivity index (χ0v) is 14.9. The van der Waals surface area contributed by atoms with Gasteiger partial charge in [-0.25, -0.2) is 8.42 Å². The van der Waals surface area contributed by atoms with E-state index in [1.807, 2.05) is 32.9 Å². The minimum absolute atomic E-state index is 0.115. The molecule has 7 heteroatoms. The van der Waals surface area contributed by atoms with Gasteiger partial charge in [0.15, 0.2) is 0 Å². The Morgan fingerprint density at radius 3 is 2.67 bits per heavy atom. The van der Waals surface area contributed by atoms with Gasteiger partial charge in [-0.1, -0.05) is 12.1 Å². The summed E-state index contributed by atoms with van der Waals surface area (Å²) < 4.78 is 29.7. The number of sulfonamides is 1. The fraction of sp³-hybridized carbons (Fsp3) is 0.353. The molecule has 3 rings (SSSR count). The van der Waals surface area contributed by atoms with Crippen molar-refractivity contribution in [3.05, 3.63) is 47.3 Å². The van der Waals surface area contributed by atoms with Crippen LogP contribution in [0, 0.1) is 13.8 Å².